The molecule has 1 unspecified atom stereocenters. The molecule has 4 nitrogen and oxygen atoms in total. The molecule has 0 spiro atoms. The highest BCUT2D eigenvalue weighted by atomic mass is 32.2. The van der Waals surface area contributed by atoms with Gasteiger partial charge < -0.3 is 10.3 Å². The lowest BCUT2D eigenvalue weighted by Gasteiger charge is -2.07. The molecule has 0 aliphatic carbocycles. The molecule has 0 saturated carbocycles. The first-order chi connectivity index (χ1) is 8.75. The molecule has 0 fully saturated rings. The number of para-hydroxylation sites is 3. The van der Waals surface area contributed by atoms with Gasteiger partial charge in [-0.15, -0.1) is 0 Å². The molecular weight excluding hydrogens is 246 g/mol. The van der Waals surface area contributed by atoms with Crippen molar-refractivity contribution in [3.8, 4) is 0 Å². The highest BCUT2D eigenvalue weighted by Gasteiger charge is 2.21. The summed E-state index contributed by atoms with van der Waals surface area (Å²) in [7, 11) is 0. The summed E-state index contributed by atoms with van der Waals surface area (Å²) in [6.45, 7) is 0. The summed E-state index contributed by atoms with van der Waals surface area (Å²) >= 11 is -1.38. The maximum absolute atomic E-state index is 12.4. The van der Waals surface area contributed by atoms with Gasteiger partial charge in [0.1, 0.15) is 0 Å². The second-order valence-corrected chi connectivity index (χ2v) is 5.23. The molecule has 5 heteroatoms. The number of benzene rings is 2. The van der Waals surface area contributed by atoms with E-state index in [0.29, 0.717) is 15.7 Å². The van der Waals surface area contributed by atoms with E-state index in [4.69, 9.17) is 5.73 Å². The molecule has 1 aromatic heterocycles. The van der Waals surface area contributed by atoms with Crippen LogP contribution in [-0.4, -0.2) is 14.5 Å². The number of aromatic amines is 1. The summed E-state index contributed by atoms with van der Waals surface area (Å²) in [4.78, 5) is 7.95. The van der Waals surface area contributed by atoms with Crippen LogP contribution in [0.4, 0.5) is 5.69 Å². The maximum atomic E-state index is 12.4. The van der Waals surface area contributed by atoms with Crippen molar-refractivity contribution < 1.29 is 4.55 Å². The third-order valence-corrected chi connectivity index (χ3v) is 3.98. The van der Waals surface area contributed by atoms with Gasteiger partial charge in [0.2, 0.25) is 0 Å². The summed E-state index contributed by atoms with van der Waals surface area (Å²) < 4.78 is 12.4. The summed E-state index contributed by atoms with van der Waals surface area (Å²) in [5.74, 6) is 0. The number of nitrogens with one attached hydrogen (secondary N) is 1. The number of nitrogens with zero attached hydrogens (tertiary/aromatic N) is 1. The number of nitrogens with two attached hydrogens (primary N) is 1. The third kappa shape index (κ3) is 1.83. The number of aromatic nitrogens is 2. The van der Waals surface area contributed by atoms with Crippen LogP contribution in [0.1, 0.15) is 0 Å². The van der Waals surface area contributed by atoms with Crippen LogP contribution in [-0.2, 0) is 11.2 Å². The Labute approximate surface area is 107 Å². The van der Waals surface area contributed by atoms with Crippen molar-refractivity contribution in [2.75, 3.05) is 5.73 Å². The first-order valence-electron chi connectivity index (χ1n) is 5.47. The molecule has 3 rings (SSSR count). The average molecular weight is 257 g/mol. The second-order valence-electron chi connectivity index (χ2n) is 3.87. The third-order valence-electron chi connectivity index (χ3n) is 2.66. The van der Waals surface area contributed by atoms with Gasteiger partial charge in [0.25, 0.3) is 0 Å². The predicted molar refractivity (Wildman–Crippen MR) is 71.6 cm³/mol. The fourth-order valence-electron chi connectivity index (χ4n) is 1.77. The van der Waals surface area contributed by atoms with E-state index in [1.54, 1.807) is 12.1 Å². The van der Waals surface area contributed by atoms with E-state index in [1.807, 2.05) is 36.4 Å². The monoisotopic (exact) mass is 257 g/mol. The minimum Gasteiger partial charge on any atom is -0.604 e. The van der Waals surface area contributed by atoms with E-state index in [0.717, 1.165) is 11.0 Å². The molecule has 2 aromatic carbocycles. The zero-order chi connectivity index (χ0) is 12.5. The number of nitrogen functional groups attached to an aromatic ring is 1. The number of hydrogen-bond donors (Lipinski definition) is 2. The fourth-order valence-corrected chi connectivity index (χ4v) is 2.85. The Morgan fingerprint density at radius 3 is 2.56 bits per heavy atom. The van der Waals surface area contributed by atoms with Gasteiger partial charge in [-0.1, -0.05) is 24.3 Å². The minimum atomic E-state index is -1.38. The zero-order valence-electron chi connectivity index (χ0n) is 9.46. The summed E-state index contributed by atoms with van der Waals surface area (Å²) in [6.07, 6.45) is 0. The number of rotatable bonds is 2. The van der Waals surface area contributed by atoms with E-state index in [-0.39, 0.29) is 0 Å². The molecule has 0 saturated heterocycles. The van der Waals surface area contributed by atoms with Crippen LogP contribution in [0, 0.1) is 0 Å². The summed E-state index contributed by atoms with van der Waals surface area (Å²) in [5, 5.41) is 0.425. The van der Waals surface area contributed by atoms with Crippen LogP contribution in [0.5, 0.6) is 0 Å². The van der Waals surface area contributed by atoms with E-state index < -0.39 is 11.2 Å². The fraction of sp³-hybridized carbons (Fsp3) is 0. The van der Waals surface area contributed by atoms with Crippen molar-refractivity contribution >= 4 is 27.9 Å². The maximum Gasteiger partial charge on any atom is 0.327 e. The second kappa shape index (κ2) is 4.36. The van der Waals surface area contributed by atoms with Gasteiger partial charge in [0.15, 0.2) is 4.90 Å². The largest absolute Gasteiger partial charge is 0.604 e. The predicted octanol–water partition coefficient (Wildman–Crippen LogP) is 2.31. The van der Waals surface area contributed by atoms with Gasteiger partial charge in [-0.25, -0.2) is 0 Å². The molecule has 3 aromatic rings. The van der Waals surface area contributed by atoms with Gasteiger partial charge >= 0.3 is 5.16 Å². The molecule has 0 aliphatic heterocycles. The van der Waals surface area contributed by atoms with E-state index in [2.05, 4.69) is 9.97 Å². The number of imidazole rings is 1. The van der Waals surface area contributed by atoms with Crippen molar-refractivity contribution in [2.24, 2.45) is 0 Å². The Balaban J connectivity index is 2.07. The molecule has 3 N–H and O–H groups in total. The van der Waals surface area contributed by atoms with E-state index >= 15 is 0 Å². The number of H-pyrrole nitrogens is 1. The van der Waals surface area contributed by atoms with Gasteiger partial charge in [-0.05, 0) is 24.3 Å². The topological polar surface area (TPSA) is 77.8 Å². The van der Waals surface area contributed by atoms with Crippen molar-refractivity contribution in [2.45, 2.75) is 10.1 Å². The normalized spacial score (nSPS) is 12.7. The van der Waals surface area contributed by atoms with Crippen LogP contribution >= 0.6 is 0 Å². The van der Waals surface area contributed by atoms with Crippen LogP contribution in [0.2, 0.25) is 0 Å². The van der Waals surface area contributed by atoms with Gasteiger partial charge in [-0.2, -0.15) is 4.98 Å². The van der Waals surface area contributed by atoms with Crippen LogP contribution < -0.4 is 5.73 Å². The molecular formula is C13H11N3OS. The number of anilines is 1. The highest BCUT2D eigenvalue weighted by molar-refractivity contribution is 7.91. The standard InChI is InChI=1S/C13H11N3OS/c14-9-5-1-4-8-12(9)18(17)13-15-10-6-2-3-7-11(10)16-13/h1-8H,14H2,(H,15,16). The lowest BCUT2D eigenvalue weighted by atomic mass is 10.3. The van der Waals surface area contributed by atoms with Crippen molar-refractivity contribution in [3.63, 3.8) is 0 Å². The first-order valence-corrected chi connectivity index (χ1v) is 6.62. The van der Waals surface area contributed by atoms with Crippen molar-refractivity contribution in [3.05, 3.63) is 48.5 Å². The van der Waals surface area contributed by atoms with Crippen LogP contribution in [0.15, 0.2) is 58.6 Å². The zero-order valence-corrected chi connectivity index (χ0v) is 10.3. The molecule has 1 heterocycles. The van der Waals surface area contributed by atoms with E-state index in [9.17, 15) is 4.55 Å². The lowest BCUT2D eigenvalue weighted by molar-refractivity contribution is 0.588. The van der Waals surface area contributed by atoms with Crippen molar-refractivity contribution in [1.82, 2.24) is 9.97 Å². The smallest absolute Gasteiger partial charge is 0.327 e. The molecule has 0 aliphatic rings. The average Bonchev–Trinajstić information content (AvgIpc) is 2.82. The van der Waals surface area contributed by atoms with Gasteiger partial charge in [0, 0.05) is 0 Å². The Morgan fingerprint density at radius 2 is 1.78 bits per heavy atom. The molecule has 0 bridgehead atoms. The molecule has 18 heavy (non-hydrogen) atoms. The Bertz CT molecular complexity index is 662. The first kappa shape index (κ1) is 11.1. The minimum absolute atomic E-state index is 0.425. The lowest BCUT2D eigenvalue weighted by Crippen LogP contribution is -2.07. The molecule has 1 atom stereocenters. The molecule has 90 valence electrons. The molecule has 0 amide bonds. The van der Waals surface area contributed by atoms with Gasteiger partial charge in [0.05, 0.1) is 27.9 Å². The van der Waals surface area contributed by atoms with Crippen LogP contribution in [0.25, 0.3) is 11.0 Å². The highest BCUT2D eigenvalue weighted by Crippen LogP contribution is 2.25. The Kier molecular flexibility index (Phi) is 2.70. The van der Waals surface area contributed by atoms with E-state index in [1.165, 1.54) is 0 Å². The quantitative estimate of drug-likeness (QED) is 0.546. The molecule has 0 radical (unpaired) electrons. The Morgan fingerprint density at radius 1 is 1.06 bits per heavy atom. The van der Waals surface area contributed by atoms with Crippen molar-refractivity contribution in [1.29, 1.82) is 0 Å². The summed E-state index contributed by atoms with van der Waals surface area (Å²) in [6, 6.07) is 14.7. The number of fused-ring (bicyclic) bond motifs is 1. The SMILES string of the molecule is Nc1ccccc1[S+]([O-])c1nc2ccccc2[nH]1. The number of hydrogen-bond acceptors (Lipinski definition) is 3. The van der Waals surface area contributed by atoms with Gasteiger partial charge in [-0.3, -0.25) is 4.98 Å². The van der Waals surface area contributed by atoms with Crippen LogP contribution in [0.3, 0.4) is 0 Å². The Hall–Kier alpha value is -1.98. The summed E-state index contributed by atoms with van der Waals surface area (Å²) in [5.41, 5.74) is 8.00.